The van der Waals surface area contributed by atoms with Gasteiger partial charge in [-0.05, 0) is 13.0 Å². The first kappa shape index (κ1) is 19.2. The molecule has 1 aromatic carbocycles. The van der Waals surface area contributed by atoms with Gasteiger partial charge in [-0.3, -0.25) is 9.59 Å². The van der Waals surface area contributed by atoms with Gasteiger partial charge in [0.05, 0.1) is 22.5 Å². The van der Waals surface area contributed by atoms with E-state index < -0.39 is 17.6 Å². The molecule has 0 amide bonds. The van der Waals surface area contributed by atoms with Gasteiger partial charge in [-0.25, -0.2) is 8.78 Å². The van der Waals surface area contributed by atoms with Gasteiger partial charge in [-0.15, -0.1) is 11.8 Å². The molecule has 0 aliphatic rings. The van der Waals surface area contributed by atoms with Crippen molar-refractivity contribution in [1.82, 2.24) is 9.13 Å². The van der Waals surface area contributed by atoms with Crippen molar-refractivity contribution >= 4 is 28.6 Å². The summed E-state index contributed by atoms with van der Waals surface area (Å²) in [5.74, 6) is -2.16. The second kappa shape index (κ2) is 7.96. The summed E-state index contributed by atoms with van der Waals surface area (Å²) in [6, 6.07) is 5.38. The van der Waals surface area contributed by atoms with Crippen LogP contribution in [0.3, 0.4) is 0 Å². The Bertz CT molecular complexity index is 1060. The predicted molar refractivity (Wildman–Crippen MR) is 99.7 cm³/mol. The van der Waals surface area contributed by atoms with E-state index in [4.69, 9.17) is 4.74 Å². The van der Waals surface area contributed by atoms with Crippen molar-refractivity contribution in [2.24, 2.45) is 7.05 Å². The number of carbonyl (C=O) groups is 1. The SMILES string of the molecule is CCOC(=O)Cn1c(SCc2cccc(F)c2F)cc(=O)c2cn(C)cc21. The Hall–Kier alpha value is -2.61. The minimum atomic E-state index is -0.921. The maximum absolute atomic E-state index is 13.9. The van der Waals surface area contributed by atoms with Crippen molar-refractivity contribution in [3.63, 3.8) is 0 Å². The number of rotatable bonds is 6. The highest BCUT2D eigenvalue weighted by atomic mass is 32.2. The van der Waals surface area contributed by atoms with Crippen LogP contribution in [-0.4, -0.2) is 21.7 Å². The van der Waals surface area contributed by atoms with E-state index in [9.17, 15) is 18.4 Å². The Morgan fingerprint density at radius 2 is 2.04 bits per heavy atom. The molecule has 0 N–H and O–H groups in total. The lowest BCUT2D eigenvalue weighted by Gasteiger charge is -2.14. The summed E-state index contributed by atoms with van der Waals surface area (Å²) < 4.78 is 35.7. The minimum Gasteiger partial charge on any atom is -0.465 e. The quantitative estimate of drug-likeness (QED) is 0.476. The highest BCUT2D eigenvalue weighted by molar-refractivity contribution is 7.98. The van der Waals surface area contributed by atoms with Crippen LogP contribution in [-0.2, 0) is 28.9 Å². The number of hydrogen-bond acceptors (Lipinski definition) is 4. The summed E-state index contributed by atoms with van der Waals surface area (Å²) in [7, 11) is 1.78. The molecule has 0 spiro atoms. The number of ether oxygens (including phenoxy) is 1. The third-order valence-corrected chi connectivity index (χ3v) is 5.10. The number of thioether (sulfide) groups is 1. The molecule has 0 bridgehead atoms. The van der Waals surface area contributed by atoms with E-state index in [1.165, 1.54) is 18.2 Å². The van der Waals surface area contributed by atoms with Crippen LogP contribution in [0.15, 0.2) is 46.5 Å². The zero-order chi connectivity index (χ0) is 19.6. The van der Waals surface area contributed by atoms with Crippen molar-refractivity contribution < 1.29 is 18.3 Å². The van der Waals surface area contributed by atoms with E-state index in [0.29, 0.717) is 15.9 Å². The van der Waals surface area contributed by atoms with Crippen LogP contribution in [0.5, 0.6) is 0 Å². The lowest BCUT2D eigenvalue weighted by atomic mass is 10.2. The molecule has 2 aromatic heterocycles. The largest absolute Gasteiger partial charge is 0.465 e. The number of aryl methyl sites for hydroxylation is 1. The van der Waals surface area contributed by atoms with Crippen LogP contribution in [0, 0.1) is 11.6 Å². The fourth-order valence-electron chi connectivity index (χ4n) is 2.79. The van der Waals surface area contributed by atoms with E-state index in [1.54, 1.807) is 35.5 Å². The summed E-state index contributed by atoms with van der Waals surface area (Å²) in [5.41, 5.74) is 0.566. The first-order valence-corrected chi connectivity index (χ1v) is 9.30. The molecule has 5 nitrogen and oxygen atoms in total. The summed E-state index contributed by atoms with van der Waals surface area (Å²) >= 11 is 1.16. The highest BCUT2D eigenvalue weighted by Crippen LogP contribution is 2.27. The van der Waals surface area contributed by atoms with Crippen molar-refractivity contribution in [1.29, 1.82) is 0 Å². The molecule has 8 heteroatoms. The van der Waals surface area contributed by atoms with Crippen LogP contribution < -0.4 is 5.43 Å². The van der Waals surface area contributed by atoms with Gasteiger partial charge >= 0.3 is 5.97 Å². The molecule has 0 aliphatic heterocycles. The van der Waals surface area contributed by atoms with Gasteiger partial charge in [0.15, 0.2) is 17.1 Å². The van der Waals surface area contributed by atoms with Crippen molar-refractivity contribution in [2.45, 2.75) is 24.2 Å². The molecule has 0 fully saturated rings. The molecular weight excluding hydrogens is 374 g/mol. The number of nitrogens with zero attached hydrogens (tertiary/aromatic N) is 2. The Morgan fingerprint density at radius 3 is 2.78 bits per heavy atom. The molecule has 2 heterocycles. The number of fused-ring (bicyclic) bond motifs is 1. The summed E-state index contributed by atoms with van der Waals surface area (Å²) in [6.07, 6.45) is 3.42. The van der Waals surface area contributed by atoms with Gasteiger partial charge in [-0.2, -0.15) is 0 Å². The van der Waals surface area contributed by atoms with E-state index in [0.717, 1.165) is 17.8 Å². The third-order valence-electron chi connectivity index (χ3n) is 4.01. The lowest BCUT2D eigenvalue weighted by molar-refractivity contribution is -0.143. The first-order chi connectivity index (χ1) is 12.9. The van der Waals surface area contributed by atoms with Crippen molar-refractivity contribution in [3.05, 3.63) is 64.1 Å². The second-order valence-electron chi connectivity index (χ2n) is 5.96. The molecule has 0 atom stereocenters. The normalized spacial score (nSPS) is 11.1. The van der Waals surface area contributed by atoms with Gasteiger partial charge in [-0.1, -0.05) is 12.1 Å². The fourth-order valence-corrected chi connectivity index (χ4v) is 3.83. The van der Waals surface area contributed by atoms with E-state index in [2.05, 4.69) is 0 Å². The summed E-state index contributed by atoms with van der Waals surface area (Å²) in [5, 5.41) is 0.957. The zero-order valence-corrected chi connectivity index (χ0v) is 15.7. The number of carbonyl (C=O) groups excluding carboxylic acids is 1. The number of esters is 1. The highest BCUT2D eigenvalue weighted by Gasteiger charge is 2.16. The molecule has 3 aromatic rings. The molecule has 0 radical (unpaired) electrons. The Balaban J connectivity index is 2.01. The smallest absolute Gasteiger partial charge is 0.325 e. The number of aromatic nitrogens is 2. The van der Waals surface area contributed by atoms with Crippen LogP contribution in [0.1, 0.15) is 12.5 Å². The van der Waals surface area contributed by atoms with Gasteiger partial charge in [0.25, 0.3) is 0 Å². The molecule has 0 unspecified atom stereocenters. The zero-order valence-electron chi connectivity index (χ0n) is 14.9. The average Bonchev–Trinajstić information content (AvgIpc) is 3.01. The molecular formula is C19H18F2N2O3S. The summed E-state index contributed by atoms with van der Waals surface area (Å²) in [4.78, 5) is 24.4. The van der Waals surface area contributed by atoms with Gasteiger partial charge in [0.1, 0.15) is 6.54 Å². The van der Waals surface area contributed by atoms with Gasteiger partial charge in [0, 0.05) is 36.8 Å². The van der Waals surface area contributed by atoms with Gasteiger partial charge < -0.3 is 13.9 Å². The third kappa shape index (κ3) is 4.05. The fraction of sp³-hybridized carbons (Fsp3) is 0.263. The Labute approximate surface area is 158 Å². The average molecular weight is 392 g/mol. The van der Waals surface area contributed by atoms with Crippen LogP contribution >= 0.6 is 11.8 Å². The number of halogens is 2. The number of pyridine rings is 1. The molecule has 0 saturated heterocycles. The standard InChI is InChI=1S/C19H18F2N2O3S/c1-3-26-18(25)10-23-15-9-22(2)8-13(15)16(24)7-17(23)27-11-12-5-4-6-14(20)19(12)21/h4-9H,3,10-11H2,1-2H3. The molecule has 27 heavy (non-hydrogen) atoms. The molecule has 0 aliphatic carbocycles. The van der Waals surface area contributed by atoms with E-state index in [-0.39, 0.29) is 29.9 Å². The van der Waals surface area contributed by atoms with Crippen LogP contribution in [0.2, 0.25) is 0 Å². The molecule has 142 valence electrons. The molecule has 0 saturated carbocycles. The van der Waals surface area contributed by atoms with Crippen molar-refractivity contribution in [3.8, 4) is 0 Å². The van der Waals surface area contributed by atoms with Crippen LogP contribution in [0.25, 0.3) is 10.9 Å². The maximum atomic E-state index is 13.9. The second-order valence-corrected chi connectivity index (χ2v) is 6.96. The monoisotopic (exact) mass is 392 g/mol. The number of hydrogen-bond donors (Lipinski definition) is 0. The Kier molecular flexibility index (Phi) is 5.65. The van der Waals surface area contributed by atoms with Crippen molar-refractivity contribution in [2.75, 3.05) is 6.61 Å². The Morgan fingerprint density at radius 1 is 1.26 bits per heavy atom. The van der Waals surface area contributed by atoms with E-state index >= 15 is 0 Å². The van der Waals surface area contributed by atoms with Gasteiger partial charge in [0.2, 0.25) is 0 Å². The molecule has 3 rings (SSSR count). The van der Waals surface area contributed by atoms with Crippen LogP contribution in [0.4, 0.5) is 8.78 Å². The minimum absolute atomic E-state index is 0.0808. The lowest BCUT2D eigenvalue weighted by Crippen LogP contribution is -2.18. The topological polar surface area (TPSA) is 53.2 Å². The van der Waals surface area contributed by atoms with E-state index in [1.807, 2.05) is 0 Å². The predicted octanol–water partition coefficient (Wildman–Crippen LogP) is 3.47. The first-order valence-electron chi connectivity index (χ1n) is 8.31. The number of benzene rings is 1. The maximum Gasteiger partial charge on any atom is 0.325 e. The summed E-state index contributed by atoms with van der Waals surface area (Å²) in [6.45, 7) is 1.88.